The first kappa shape index (κ1) is 13.8. The average molecular weight is 289 g/mol. The molecule has 0 bridgehead atoms. The number of hydrogen-bond acceptors (Lipinski definition) is 5. The maximum absolute atomic E-state index is 13.0. The molecule has 2 heterocycles. The second kappa shape index (κ2) is 6.05. The highest BCUT2D eigenvalue weighted by Gasteiger charge is 2.24. The highest BCUT2D eigenvalue weighted by molar-refractivity contribution is 5.34. The summed E-state index contributed by atoms with van der Waals surface area (Å²) in [4.78, 5) is 10.6. The second-order valence-electron chi connectivity index (χ2n) is 4.76. The smallest absolute Gasteiger partial charge is 0.228 e. The van der Waals surface area contributed by atoms with Crippen molar-refractivity contribution in [1.82, 2.24) is 9.97 Å². The fourth-order valence-electron chi connectivity index (χ4n) is 2.31. The molecule has 0 N–H and O–H groups in total. The van der Waals surface area contributed by atoms with Gasteiger partial charge in [-0.25, -0.2) is 9.37 Å². The number of morpholine rings is 1. The Morgan fingerprint density at radius 2 is 2.10 bits per heavy atom. The van der Waals surface area contributed by atoms with Crippen LogP contribution in [0.3, 0.4) is 0 Å². The van der Waals surface area contributed by atoms with Crippen molar-refractivity contribution < 1.29 is 13.9 Å². The van der Waals surface area contributed by atoms with Gasteiger partial charge in [-0.2, -0.15) is 4.98 Å². The molecule has 1 fully saturated rings. The fraction of sp³-hybridized carbons (Fsp3) is 0.333. The zero-order valence-electron chi connectivity index (χ0n) is 11.7. The molecular formula is C15H16FN3O2. The number of halogens is 1. The first-order valence-corrected chi connectivity index (χ1v) is 6.75. The van der Waals surface area contributed by atoms with Crippen LogP contribution in [0.25, 0.3) is 0 Å². The largest absolute Gasteiger partial charge is 0.481 e. The van der Waals surface area contributed by atoms with E-state index in [-0.39, 0.29) is 11.9 Å². The van der Waals surface area contributed by atoms with E-state index in [1.165, 1.54) is 12.1 Å². The van der Waals surface area contributed by atoms with Crippen LogP contribution in [0.15, 0.2) is 36.5 Å². The first-order valence-electron chi connectivity index (χ1n) is 6.75. The zero-order valence-corrected chi connectivity index (χ0v) is 11.7. The van der Waals surface area contributed by atoms with Crippen LogP contribution in [0.5, 0.6) is 5.88 Å². The predicted molar refractivity (Wildman–Crippen MR) is 75.9 cm³/mol. The summed E-state index contributed by atoms with van der Waals surface area (Å²) in [5, 5.41) is 0. The summed E-state index contributed by atoms with van der Waals surface area (Å²) in [5.74, 6) is 0.900. The van der Waals surface area contributed by atoms with Crippen molar-refractivity contribution in [3.05, 3.63) is 47.9 Å². The van der Waals surface area contributed by atoms with Gasteiger partial charge in [0.05, 0.1) is 20.3 Å². The van der Waals surface area contributed by atoms with Gasteiger partial charge in [-0.15, -0.1) is 0 Å². The Hall–Kier alpha value is -2.21. The molecule has 5 nitrogen and oxygen atoms in total. The van der Waals surface area contributed by atoms with Gasteiger partial charge in [0.1, 0.15) is 11.9 Å². The highest BCUT2D eigenvalue weighted by atomic mass is 19.1. The molecule has 0 aliphatic carbocycles. The summed E-state index contributed by atoms with van der Waals surface area (Å²) < 4.78 is 23.9. The molecule has 1 aromatic carbocycles. The van der Waals surface area contributed by atoms with Crippen molar-refractivity contribution in [3.63, 3.8) is 0 Å². The monoisotopic (exact) mass is 289 g/mol. The summed E-state index contributed by atoms with van der Waals surface area (Å²) >= 11 is 0. The van der Waals surface area contributed by atoms with Gasteiger partial charge in [0, 0.05) is 18.8 Å². The van der Waals surface area contributed by atoms with E-state index >= 15 is 0 Å². The van der Waals surface area contributed by atoms with Crippen molar-refractivity contribution in [2.45, 2.75) is 6.10 Å². The molecule has 3 rings (SSSR count). The van der Waals surface area contributed by atoms with E-state index in [4.69, 9.17) is 9.47 Å². The number of nitrogens with zero attached hydrogens (tertiary/aromatic N) is 3. The molecule has 2 aromatic rings. The highest BCUT2D eigenvalue weighted by Crippen LogP contribution is 2.25. The summed E-state index contributed by atoms with van der Waals surface area (Å²) in [5.41, 5.74) is 0.948. The average Bonchev–Trinajstić information content (AvgIpc) is 2.56. The number of benzene rings is 1. The summed E-state index contributed by atoms with van der Waals surface area (Å²) in [6, 6.07) is 8.09. The molecule has 1 aliphatic heterocycles. The molecule has 0 radical (unpaired) electrons. The number of methoxy groups -OCH3 is 1. The van der Waals surface area contributed by atoms with Gasteiger partial charge >= 0.3 is 0 Å². The lowest BCUT2D eigenvalue weighted by Crippen LogP contribution is -2.39. The molecule has 1 atom stereocenters. The zero-order chi connectivity index (χ0) is 14.7. The number of anilines is 1. The van der Waals surface area contributed by atoms with Crippen LogP contribution in [0.4, 0.5) is 10.3 Å². The Bertz CT molecular complexity index is 606. The molecule has 1 aromatic heterocycles. The molecule has 0 unspecified atom stereocenters. The number of hydrogen-bond donors (Lipinski definition) is 0. The van der Waals surface area contributed by atoms with Crippen LogP contribution in [0.2, 0.25) is 0 Å². The van der Waals surface area contributed by atoms with Crippen molar-refractivity contribution in [2.24, 2.45) is 0 Å². The quantitative estimate of drug-likeness (QED) is 0.867. The van der Waals surface area contributed by atoms with Gasteiger partial charge in [-0.3, -0.25) is 0 Å². The van der Waals surface area contributed by atoms with Crippen molar-refractivity contribution in [3.8, 4) is 5.88 Å². The Labute approximate surface area is 122 Å². The van der Waals surface area contributed by atoms with Gasteiger partial charge in [0.15, 0.2) is 0 Å². The topological polar surface area (TPSA) is 47.5 Å². The molecule has 0 saturated carbocycles. The lowest BCUT2D eigenvalue weighted by Gasteiger charge is -2.33. The van der Waals surface area contributed by atoms with E-state index in [1.807, 2.05) is 4.90 Å². The molecule has 0 spiro atoms. The van der Waals surface area contributed by atoms with Crippen LogP contribution < -0.4 is 9.64 Å². The molecule has 0 amide bonds. The predicted octanol–water partition coefficient (Wildman–Crippen LogP) is 2.20. The third kappa shape index (κ3) is 3.11. The molecule has 6 heteroatoms. The molecule has 21 heavy (non-hydrogen) atoms. The minimum absolute atomic E-state index is 0.117. The minimum atomic E-state index is -0.248. The van der Waals surface area contributed by atoms with E-state index in [0.29, 0.717) is 31.5 Å². The third-order valence-electron chi connectivity index (χ3n) is 3.42. The second-order valence-corrected chi connectivity index (χ2v) is 4.76. The Morgan fingerprint density at radius 3 is 2.86 bits per heavy atom. The summed E-state index contributed by atoms with van der Waals surface area (Å²) in [6.45, 7) is 1.91. The van der Waals surface area contributed by atoms with Crippen LogP contribution in [0.1, 0.15) is 11.7 Å². The third-order valence-corrected chi connectivity index (χ3v) is 3.42. The van der Waals surface area contributed by atoms with Crippen LogP contribution >= 0.6 is 0 Å². The van der Waals surface area contributed by atoms with E-state index in [1.54, 1.807) is 31.5 Å². The number of aromatic nitrogens is 2. The molecule has 1 aliphatic rings. The Kier molecular flexibility index (Phi) is 3.96. The summed E-state index contributed by atoms with van der Waals surface area (Å²) in [6.07, 6.45) is 1.55. The van der Waals surface area contributed by atoms with Gasteiger partial charge in [-0.05, 0) is 17.7 Å². The standard InChI is InChI=1S/C15H16FN3O2/c1-20-14-6-7-17-15(18-14)19-8-9-21-13(10-19)11-2-4-12(16)5-3-11/h2-7,13H,8-10H2,1H3/t13-/m1/s1. The normalized spacial score (nSPS) is 18.6. The number of ether oxygens (including phenoxy) is 2. The van der Waals surface area contributed by atoms with Gasteiger partial charge in [0.25, 0.3) is 0 Å². The fourth-order valence-corrected chi connectivity index (χ4v) is 2.31. The van der Waals surface area contributed by atoms with Crippen molar-refractivity contribution >= 4 is 5.95 Å². The molecule has 1 saturated heterocycles. The van der Waals surface area contributed by atoms with E-state index in [9.17, 15) is 4.39 Å². The van der Waals surface area contributed by atoms with Crippen molar-refractivity contribution in [1.29, 1.82) is 0 Å². The minimum Gasteiger partial charge on any atom is -0.481 e. The van der Waals surface area contributed by atoms with Crippen LogP contribution in [0, 0.1) is 5.82 Å². The van der Waals surface area contributed by atoms with Gasteiger partial charge in [-0.1, -0.05) is 12.1 Å². The molecular weight excluding hydrogens is 273 g/mol. The van der Waals surface area contributed by atoms with E-state index in [0.717, 1.165) is 5.56 Å². The van der Waals surface area contributed by atoms with E-state index in [2.05, 4.69) is 9.97 Å². The van der Waals surface area contributed by atoms with Crippen molar-refractivity contribution in [2.75, 3.05) is 31.7 Å². The maximum Gasteiger partial charge on any atom is 0.228 e. The lowest BCUT2D eigenvalue weighted by molar-refractivity contribution is 0.0391. The number of rotatable bonds is 3. The van der Waals surface area contributed by atoms with E-state index < -0.39 is 0 Å². The summed E-state index contributed by atoms with van der Waals surface area (Å²) in [7, 11) is 1.58. The maximum atomic E-state index is 13.0. The van der Waals surface area contributed by atoms with Crippen LogP contribution in [-0.4, -0.2) is 36.8 Å². The SMILES string of the molecule is COc1ccnc(N2CCO[C@@H](c3ccc(F)cc3)C2)n1. The van der Waals surface area contributed by atoms with Gasteiger partial charge in [0.2, 0.25) is 11.8 Å². The molecule has 110 valence electrons. The lowest BCUT2D eigenvalue weighted by atomic mass is 10.1. The van der Waals surface area contributed by atoms with Crippen LogP contribution in [-0.2, 0) is 4.74 Å². The Balaban J connectivity index is 1.77. The Morgan fingerprint density at radius 1 is 1.29 bits per heavy atom. The van der Waals surface area contributed by atoms with Gasteiger partial charge < -0.3 is 14.4 Å². The first-order chi connectivity index (χ1) is 10.3.